The summed E-state index contributed by atoms with van der Waals surface area (Å²) in [4.78, 5) is 0. The van der Waals surface area contributed by atoms with Crippen molar-refractivity contribution in [3.05, 3.63) is 53.8 Å². The number of hydrogen-bond acceptors (Lipinski definition) is 1. The molecule has 0 saturated heterocycles. The summed E-state index contributed by atoms with van der Waals surface area (Å²) in [5.74, 6) is 1.32. The molecule has 0 N–H and O–H groups in total. The normalized spacial score (nSPS) is 20.7. The highest BCUT2D eigenvalue weighted by atomic mass is 19.4. The van der Waals surface area contributed by atoms with Crippen LogP contribution >= 0.6 is 0 Å². The second-order valence-electron chi connectivity index (χ2n) is 8.62. The Labute approximate surface area is 176 Å². The van der Waals surface area contributed by atoms with Crippen molar-refractivity contribution in [1.29, 1.82) is 0 Å². The minimum atomic E-state index is -4.73. The van der Waals surface area contributed by atoms with Crippen LogP contribution in [0.4, 0.5) is 17.6 Å². The van der Waals surface area contributed by atoms with Crippen LogP contribution in [0.3, 0.4) is 0 Å². The van der Waals surface area contributed by atoms with Crippen LogP contribution in [0.2, 0.25) is 0 Å². The maximum absolute atomic E-state index is 14.8. The smallest absolute Gasteiger partial charge is 0.406 e. The van der Waals surface area contributed by atoms with Crippen molar-refractivity contribution in [2.45, 2.75) is 71.1 Å². The molecule has 1 atom stereocenters. The van der Waals surface area contributed by atoms with Gasteiger partial charge < -0.3 is 4.74 Å². The zero-order valence-electron chi connectivity index (χ0n) is 17.6. The van der Waals surface area contributed by atoms with Crippen molar-refractivity contribution in [2.24, 2.45) is 11.8 Å². The fourth-order valence-electron chi connectivity index (χ4n) is 4.36. The summed E-state index contributed by atoms with van der Waals surface area (Å²) in [5, 5.41) is 0. The van der Waals surface area contributed by atoms with Crippen LogP contribution < -0.4 is 4.74 Å². The van der Waals surface area contributed by atoms with E-state index in [0.29, 0.717) is 17.0 Å². The van der Waals surface area contributed by atoms with E-state index in [2.05, 4.69) is 18.6 Å². The number of alkyl halides is 3. The number of rotatable bonds is 7. The lowest BCUT2D eigenvalue weighted by atomic mass is 9.76. The second kappa shape index (κ2) is 9.84. The molecule has 1 unspecified atom stereocenters. The van der Waals surface area contributed by atoms with Crippen molar-refractivity contribution in [2.75, 3.05) is 0 Å². The van der Waals surface area contributed by atoms with Gasteiger partial charge in [-0.15, -0.1) is 13.2 Å². The molecular formula is C25H30F4O. The first-order valence-corrected chi connectivity index (χ1v) is 10.9. The summed E-state index contributed by atoms with van der Waals surface area (Å²) in [6, 6.07) is 10.6. The van der Waals surface area contributed by atoms with Gasteiger partial charge in [-0.3, -0.25) is 0 Å². The van der Waals surface area contributed by atoms with Gasteiger partial charge >= 0.3 is 6.36 Å². The van der Waals surface area contributed by atoms with E-state index >= 15 is 0 Å². The molecule has 1 nitrogen and oxygen atoms in total. The summed E-state index contributed by atoms with van der Waals surface area (Å²) in [6.45, 7) is 4.55. The van der Waals surface area contributed by atoms with Crippen molar-refractivity contribution < 1.29 is 22.3 Å². The Balaban J connectivity index is 1.61. The topological polar surface area (TPSA) is 9.23 Å². The molecule has 0 heterocycles. The molecular weight excluding hydrogens is 392 g/mol. The standard InChI is InChI=1S/C25H30F4O/c1-3-17(2)4-5-18-6-8-19(9-7-18)21-12-15-23(24(26)16-21)20-10-13-22(14-11-20)30-25(27,28)29/h10-19H,3-9H2,1-2H3. The van der Waals surface area contributed by atoms with Gasteiger partial charge in [0.1, 0.15) is 11.6 Å². The monoisotopic (exact) mass is 422 g/mol. The fourth-order valence-corrected chi connectivity index (χ4v) is 4.36. The van der Waals surface area contributed by atoms with Crippen molar-refractivity contribution >= 4 is 0 Å². The van der Waals surface area contributed by atoms with E-state index in [9.17, 15) is 17.6 Å². The third kappa shape index (κ3) is 6.23. The number of ether oxygens (including phenoxy) is 1. The van der Waals surface area contributed by atoms with Gasteiger partial charge in [0.05, 0.1) is 0 Å². The first-order chi connectivity index (χ1) is 14.2. The molecule has 3 rings (SSSR count). The van der Waals surface area contributed by atoms with Crippen LogP contribution in [0.5, 0.6) is 5.75 Å². The van der Waals surface area contributed by atoms with E-state index in [-0.39, 0.29) is 11.6 Å². The molecule has 1 saturated carbocycles. The van der Waals surface area contributed by atoms with Gasteiger partial charge in [0.15, 0.2) is 0 Å². The molecule has 0 spiro atoms. The highest BCUT2D eigenvalue weighted by molar-refractivity contribution is 5.65. The second-order valence-corrected chi connectivity index (χ2v) is 8.62. The molecule has 1 fully saturated rings. The molecule has 0 amide bonds. The lowest BCUT2D eigenvalue weighted by Crippen LogP contribution is -2.16. The van der Waals surface area contributed by atoms with Gasteiger partial charge in [-0.05, 0) is 72.8 Å². The predicted molar refractivity (Wildman–Crippen MR) is 112 cm³/mol. The van der Waals surface area contributed by atoms with E-state index in [4.69, 9.17) is 0 Å². The summed E-state index contributed by atoms with van der Waals surface area (Å²) < 4.78 is 55.5. The van der Waals surface area contributed by atoms with E-state index in [1.807, 2.05) is 6.07 Å². The molecule has 30 heavy (non-hydrogen) atoms. The van der Waals surface area contributed by atoms with Crippen LogP contribution in [0.1, 0.15) is 70.3 Å². The lowest BCUT2D eigenvalue weighted by molar-refractivity contribution is -0.274. The van der Waals surface area contributed by atoms with Crippen molar-refractivity contribution in [3.8, 4) is 16.9 Å². The average molecular weight is 423 g/mol. The molecule has 164 valence electrons. The zero-order valence-corrected chi connectivity index (χ0v) is 17.6. The Hall–Kier alpha value is -2.04. The highest BCUT2D eigenvalue weighted by Gasteiger charge is 2.31. The number of hydrogen-bond donors (Lipinski definition) is 0. The summed E-state index contributed by atoms with van der Waals surface area (Å²) >= 11 is 0. The Morgan fingerprint density at radius 2 is 1.67 bits per heavy atom. The SMILES string of the molecule is CCC(C)CCC1CCC(c2ccc(-c3ccc(OC(F)(F)F)cc3)c(F)c2)CC1. The molecule has 0 aliphatic heterocycles. The zero-order chi connectivity index (χ0) is 21.7. The summed E-state index contributed by atoms with van der Waals surface area (Å²) in [6.07, 6.45) is 3.67. The fraction of sp³-hybridized carbons (Fsp3) is 0.520. The van der Waals surface area contributed by atoms with Gasteiger partial charge in [0.25, 0.3) is 0 Å². The van der Waals surface area contributed by atoms with Gasteiger partial charge in [-0.25, -0.2) is 4.39 Å². The van der Waals surface area contributed by atoms with E-state index in [1.165, 1.54) is 56.4 Å². The molecule has 1 aliphatic rings. The van der Waals surface area contributed by atoms with Crippen LogP contribution in [0, 0.1) is 17.7 Å². The lowest BCUT2D eigenvalue weighted by Gasteiger charge is -2.29. The first kappa shape index (κ1) is 22.6. The van der Waals surface area contributed by atoms with E-state index in [1.54, 1.807) is 12.1 Å². The summed E-state index contributed by atoms with van der Waals surface area (Å²) in [7, 11) is 0. The van der Waals surface area contributed by atoms with E-state index in [0.717, 1.165) is 30.2 Å². The van der Waals surface area contributed by atoms with Crippen molar-refractivity contribution in [3.63, 3.8) is 0 Å². The number of halogens is 4. The van der Waals surface area contributed by atoms with Crippen LogP contribution in [-0.2, 0) is 0 Å². The van der Waals surface area contributed by atoms with Gasteiger partial charge in [0.2, 0.25) is 0 Å². The van der Waals surface area contributed by atoms with Gasteiger partial charge in [0, 0.05) is 5.56 Å². The molecule has 2 aromatic carbocycles. The third-order valence-corrected chi connectivity index (χ3v) is 6.47. The molecule has 5 heteroatoms. The maximum Gasteiger partial charge on any atom is 0.573 e. The minimum absolute atomic E-state index is 0.312. The minimum Gasteiger partial charge on any atom is -0.406 e. The van der Waals surface area contributed by atoms with E-state index < -0.39 is 6.36 Å². The van der Waals surface area contributed by atoms with Gasteiger partial charge in [-0.1, -0.05) is 57.4 Å². The summed E-state index contributed by atoms with van der Waals surface area (Å²) in [5.41, 5.74) is 1.94. The number of benzene rings is 2. The molecule has 0 radical (unpaired) electrons. The van der Waals surface area contributed by atoms with Crippen LogP contribution in [-0.4, -0.2) is 6.36 Å². The van der Waals surface area contributed by atoms with Gasteiger partial charge in [-0.2, -0.15) is 0 Å². The predicted octanol–water partition coefficient (Wildman–Crippen LogP) is 8.49. The van der Waals surface area contributed by atoms with Crippen LogP contribution in [0.15, 0.2) is 42.5 Å². The largest absolute Gasteiger partial charge is 0.573 e. The molecule has 0 bridgehead atoms. The first-order valence-electron chi connectivity index (χ1n) is 10.9. The molecule has 1 aliphatic carbocycles. The quantitative estimate of drug-likeness (QED) is 0.407. The molecule has 2 aromatic rings. The Bertz CT molecular complexity index is 805. The average Bonchev–Trinajstić information content (AvgIpc) is 2.72. The maximum atomic E-state index is 14.8. The molecule has 0 aromatic heterocycles. The third-order valence-electron chi connectivity index (χ3n) is 6.47. The Morgan fingerprint density at radius 1 is 1.00 bits per heavy atom. The Kier molecular flexibility index (Phi) is 7.43. The highest BCUT2D eigenvalue weighted by Crippen LogP contribution is 2.39. The Morgan fingerprint density at radius 3 is 2.23 bits per heavy atom. The van der Waals surface area contributed by atoms with Crippen LogP contribution in [0.25, 0.3) is 11.1 Å². The van der Waals surface area contributed by atoms with Crippen molar-refractivity contribution in [1.82, 2.24) is 0 Å².